The normalized spacial score (nSPS) is 17.0. The van der Waals surface area contributed by atoms with Crippen LogP contribution in [0.2, 0.25) is 10.0 Å². The maximum Gasteiger partial charge on any atom is 0.227 e. The summed E-state index contributed by atoms with van der Waals surface area (Å²) in [4.78, 5) is 25.8. The SMILES string of the molecule is O=C(NCc1ccc(Cl)cc1Cl)C1CC(=O)N(c2ccccc2F)C1. The van der Waals surface area contributed by atoms with Crippen LogP contribution in [-0.4, -0.2) is 18.4 Å². The third kappa shape index (κ3) is 3.94. The Kier molecular flexibility index (Phi) is 5.25. The molecule has 1 aliphatic heterocycles. The Morgan fingerprint density at radius 1 is 1.24 bits per heavy atom. The number of anilines is 1. The summed E-state index contributed by atoms with van der Waals surface area (Å²) in [5.74, 6) is -1.55. The van der Waals surface area contributed by atoms with Crippen molar-refractivity contribution in [3.63, 3.8) is 0 Å². The number of carbonyl (C=O) groups excluding carboxylic acids is 2. The highest BCUT2D eigenvalue weighted by Gasteiger charge is 2.36. The lowest BCUT2D eigenvalue weighted by Crippen LogP contribution is -2.32. The number of benzene rings is 2. The van der Waals surface area contributed by atoms with Crippen molar-refractivity contribution in [1.29, 1.82) is 0 Å². The molecule has 1 atom stereocenters. The van der Waals surface area contributed by atoms with Crippen LogP contribution in [-0.2, 0) is 16.1 Å². The fraction of sp³-hybridized carbons (Fsp3) is 0.222. The first-order valence-corrected chi connectivity index (χ1v) is 8.48. The third-order valence-corrected chi connectivity index (χ3v) is 4.69. The lowest BCUT2D eigenvalue weighted by molar-refractivity contribution is -0.126. The van der Waals surface area contributed by atoms with Crippen LogP contribution in [0.25, 0.3) is 0 Å². The number of hydrogen-bond donors (Lipinski definition) is 1. The molecule has 3 rings (SSSR count). The van der Waals surface area contributed by atoms with Crippen LogP contribution in [0, 0.1) is 11.7 Å². The smallest absolute Gasteiger partial charge is 0.227 e. The molecule has 0 radical (unpaired) electrons. The van der Waals surface area contributed by atoms with Crippen LogP contribution in [0.15, 0.2) is 42.5 Å². The molecule has 25 heavy (non-hydrogen) atoms. The Bertz CT molecular complexity index is 828. The Labute approximate surface area is 154 Å². The van der Waals surface area contributed by atoms with Gasteiger partial charge in [0.15, 0.2) is 0 Å². The van der Waals surface area contributed by atoms with Crippen molar-refractivity contribution in [1.82, 2.24) is 5.32 Å². The first-order chi connectivity index (χ1) is 12.0. The van der Waals surface area contributed by atoms with Gasteiger partial charge in [-0.15, -0.1) is 0 Å². The van der Waals surface area contributed by atoms with Crippen molar-refractivity contribution in [3.05, 3.63) is 63.9 Å². The van der Waals surface area contributed by atoms with E-state index in [1.54, 1.807) is 30.3 Å². The molecular weight excluding hydrogens is 366 g/mol. The monoisotopic (exact) mass is 380 g/mol. The van der Waals surface area contributed by atoms with Crippen molar-refractivity contribution < 1.29 is 14.0 Å². The summed E-state index contributed by atoms with van der Waals surface area (Å²) in [5.41, 5.74) is 0.929. The molecule has 0 spiro atoms. The molecule has 4 nitrogen and oxygen atoms in total. The second-order valence-electron chi connectivity index (χ2n) is 5.81. The van der Waals surface area contributed by atoms with Gasteiger partial charge in [-0.1, -0.05) is 41.4 Å². The van der Waals surface area contributed by atoms with Crippen molar-refractivity contribution >= 4 is 40.7 Å². The van der Waals surface area contributed by atoms with E-state index in [2.05, 4.69) is 5.32 Å². The maximum absolute atomic E-state index is 13.9. The third-order valence-electron chi connectivity index (χ3n) is 4.11. The van der Waals surface area contributed by atoms with Gasteiger partial charge in [0.1, 0.15) is 5.82 Å². The molecule has 1 fully saturated rings. The van der Waals surface area contributed by atoms with Crippen molar-refractivity contribution in [2.45, 2.75) is 13.0 Å². The Hall–Kier alpha value is -2.11. The van der Waals surface area contributed by atoms with Gasteiger partial charge < -0.3 is 10.2 Å². The first kappa shape index (κ1) is 17.7. The largest absolute Gasteiger partial charge is 0.352 e. The number of para-hydroxylation sites is 1. The van der Waals surface area contributed by atoms with Crippen LogP contribution >= 0.6 is 23.2 Å². The lowest BCUT2D eigenvalue weighted by Gasteiger charge is -2.17. The maximum atomic E-state index is 13.9. The number of amides is 2. The van der Waals surface area contributed by atoms with Gasteiger partial charge in [-0.05, 0) is 29.8 Å². The second-order valence-corrected chi connectivity index (χ2v) is 6.65. The van der Waals surface area contributed by atoms with Gasteiger partial charge in [0.2, 0.25) is 11.8 Å². The van der Waals surface area contributed by atoms with Crippen LogP contribution in [0.5, 0.6) is 0 Å². The number of rotatable bonds is 4. The van der Waals surface area contributed by atoms with Crippen LogP contribution in [0.3, 0.4) is 0 Å². The van der Waals surface area contributed by atoms with E-state index in [9.17, 15) is 14.0 Å². The quantitative estimate of drug-likeness (QED) is 0.876. The molecular formula is C18H15Cl2FN2O2. The van der Waals surface area contributed by atoms with Crippen LogP contribution in [0.1, 0.15) is 12.0 Å². The molecule has 1 N–H and O–H groups in total. The molecule has 0 aromatic heterocycles. The van der Waals surface area contributed by atoms with E-state index in [1.807, 2.05) is 0 Å². The van der Waals surface area contributed by atoms with E-state index < -0.39 is 11.7 Å². The predicted octanol–water partition coefficient (Wildman–Crippen LogP) is 3.80. The van der Waals surface area contributed by atoms with E-state index in [4.69, 9.17) is 23.2 Å². The fourth-order valence-electron chi connectivity index (χ4n) is 2.78. The second kappa shape index (κ2) is 7.42. The minimum absolute atomic E-state index is 0.0501. The number of hydrogen-bond acceptors (Lipinski definition) is 2. The standard InChI is InChI=1S/C18H15Cl2FN2O2/c19-13-6-5-11(14(20)8-13)9-22-18(25)12-7-17(24)23(10-12)16-4-2-1-3-15(16)21/h1-6,8,12H,7,9-10H2,(H,22,25). The van der Waals surface area contributed by atoms with Gasteiger partial charge in [0, 0.05) is 29.6 Å². The van der Waals surface area contributed by atoms with E-state index >= 15 is 0 Å². The summed E-state index contributed by atoms with van der Waals surface area (Å²) in [7, 11) is 0. The lowest BCUT2D eigenvalue weighted by atomic mass is 10.1. The molecule has 2 aromatic rings. The molecule has 1 heterocycles. The van der Waals surface area contributed by atoms with Crippen molar-refractivity contribution in [3.8, 4) is 0 Å². The summed E-state index contributed by atoms with van der Waals surface area (Å²) >= 11 is 11.9. The molecule has 1 unspecified atom stereocenters. The molecule has 0 bridgehead atoms. The predicted molar refractivity (Wildman–Crippen MR) is 95.2 cm³/mol. The molecule has 7 heteroatoms. The number of halogens is 3. The molecule has 1 aliphatic rings. The van der Waals surface area contributed by atoms with Gasteiger partial charge in [-0.3, -0.25) is 9.59 Å². The zero-order valence-corrected chi connectivity index (χ0v) is 14.6. The van der Waals surface area contributed by atoms with Gasteiger partial charge >= 0.3 is 0 Å². The van der Waals surface area contributed by atoms with Gasteiger partial charge in [0.05, 0.1) is 11.6 Å². The van der Waals surface area contributed by atoms with Gasteiger partial charge in [-0.2, -0.15) is 0 Å². The van der Waals surface area contributed by atoms with E-state index in [0.29, 0.717) is 10.0 Å². The zero-order chi connectivity index (χ0) is 18.0. The van der Waals surface area contributed by atoms with Crippen LogP contribution < -0.4 is 10.2 Å². The number of carbonyl (C=O) groups is 2. The molecule has 1 saturated heterocycles. The molecule has 2 aromatic carbocycles. The fourth-order valence-corrected chi connectivity index (χ4v) is 3.25. The van der Waals surface area contributed by atoms with Crippen LogP contribution in [0.4, 0.5) is 10.1 Å². The summed E-state index contributed by atoms with van der Waals surface area (Å²) in [6.07, 6.45) is 0.0501. The van der Waals surface area contributed by atoms with Gasteiger partial charge in [0.25, 0.3) is 0 Å². The first-order valence-electron chi connectivity index (χ1n) is 7.72. The molecule has 0 aliphatic carbocycles. The number of nitrogens with one attached hydrogen (secondary N) is 1. The minimum Gasteiger partial charge on any atom is -0.352 e. The van der Waals surface area contributed by atoms with E-state index in [0.717, 1.165) is 5.56 Å². The molecule has 0 saturated carbocycles. The van der Waals surface area contributed by atoms with E-state index in [1.165, 1.54) is 17.0 Å². The molecule has 2 amide bonds. The minimum atomic E-state index is -0.529. The average Bonchev–Trinajstić information content (AvgIpc) is 2.96. The Morgan fingerprint density at radius 3 is 2.72 bits per heavy atom. The zero-order valence-electron chi connectivity index (χ0n) is 13.1. The van der Waals surface area contributed by atoms with Crippen molar-refractivity contribution in [2.75, 3.05) is 11.4 Å². The topological polar surface area (TPSA) is 49.4 Å². The summed E-state index contributed by atoms with van der Waals surface area (Å²) in [6.45, 7) is 0.388. The van der Waals surface area contributed by atoms with E-state index in [-0.39, 0.29) is 37.0 Å². The summed E-state index contributed by atoms with van der Waals surface area (Å²) < 4.78 is 13.9. The highest BCUT2D eigenvalue weighted by Crippen LogP contribution is 2.27. The Balaban J connectivity index is 1.64. The molecule has 130 valence electrons. The van der Waals surface area contributed by atoms with Gasteiger partial charge in [-0.25, -0.2) is 4.39 Å². The summed E-state index contributed by atoms with van der Waals surface area (Å²) in [6, 6.07) is 11.1. The highest BCUT2D eigenvalue weighted by molar-refractivity contribution is 6.35. The summed E-state index contributed by atoms with van der Waals surface area (Å²) in [5, 5.41) is 3.75. The average molecular weight is 381 g/mol. The van der Waals surface area contributed by atoms with Crippen molar-refractivity contribution in [2.24, 2.45) is 5.92 Å². The number of nitrogens with zero attached hydrogens (tertiary/aromatic N) is 1. The Morgan fingerprint density at radius 2 is 2.00 bits per heavy atom. The highest BCUT2D eigenvalue weighted by atomic mass is 35.5.